The van der Waals surface area contributed by atoms with E-state index >= 15 is 0 Å². The van der Waals surface area contributed by atoms with Crippen molar-refractivity contribution < 1.29 is 9.47 Å². The van der Waals surface area contributed by atoms with Gasteiger partial charge in [-0.05, 0) is 12.1 Å². The Bertz CT molecular complexity index is 309. The lowest BCUT2D eigenvalue weighted by Crippen LogP contribution is -1.92. The highest BCUT2D eigenvalue weighted by Gasteiger charge is 2.29. The molecule has 0 N–H and O–H groups in total. The molecule has 2 aliphatic rings. The van der Waals surface area contributed by atoms with E-state index in [-0.39, 0.29) is 0 Å². The molecule has 2 nitrogen and oxygen atoms in total. The zero-order valence-electron chi connectivity index (χ0n) is 5.09. The van der Waals surface area contributed by atoms with Crippen molar-refractivity contribution in [3.8, 4) is 11.5 Å². The maximum Gasteiger partial charge on any atom is 0.231 e. The molecule has 0 radical (unpaired) electrons. The standard InChI is InChI=1S/C7H4O2S/c1-2-5-7(10-5)6-4(1)8-3-9-6/h1-2H,3H2. The number of hydrogen-bond acceptors (Lipinski definition) is 3. The van der Waals surface area contributed by atoms with Crippen molar-refractivity contribution in [3.05, 3.63) is 12.1 Å². The van der Waals surface area contributed by atoms with Crippen LogP contribution in [0, 0.1) is 0 Å². The minimum Gasteiger partial charge on any atom is -0.454 e. The lowest BCUT2D eigenvalue weighted by molar-refractivity contribution is 0.172. The van der Waals surface area contributed by atoms with Gasteiger partial charge in [0.2, 0.25) is 6.79 Å². The molecule has 0 atom stereocenters. The predicted molar refractivity (Wildman–Crippen MR) is 36.7 cm³/mol. The summed E-state index contributed by atoms with van der Waals surface area (Å²) in [4.78, 5) is 2.58. The number of ether oxygens (including phenoxy) is 2. The van der Waals surface area contributed by atoms with Crippen LogP contribution >= 0.6 is 11.8 Å². The molecule has 0 aliphatic carbocycles. The second-order valence-corrected chi connectivity index (χ2v) is 3.28. The SMILES string of the molecule is c1cc2c(c3c1OCO3)S2. The quantitative estimate of drug-likeness (QED) is 0.537. The van der Waals surface area contributed by atoms with Gasteiger partial charge in [0, 0.05) is 4.90 Å². The molecular weight excluding hydrogens is 148 g/mol. The fraction of sp³-hybridized carbons (Fsp3) is 0.143. The summed E-state index contributed by atoms with van der Waals surface area (Å²) in [5.74, 6) is 1.84. The fourth-order valence-electron chi connectivity index (χ4n) is 1.09. The molecule has 0 unspecified atom stereocenters. The normalized spacial score (nSPS) is 16.8. The molecule has 0 saturated heterocycles. The average Bonchev–Trinajstić information content (AvgIpc) is 2.60. The Labute approximate surface area is 62.1 Å². The summed E-state index contributed by atoms with van der Waals surface area (Å²) in [6.45, 7) is 0.381. The van der Waals surface area contributed by atoms with Gasteiger partial charge in [0.25, 0.3) is 0 Å². The van der Waals surface area contributed by atoms with Gasteiger partial charge in [-0.2, -0.15) is 0 Å². The van der Waals surface area contributed by atoms with Gasteiger partial charge < -0.3 is 9.47 Å². The Morgan fingerprint density at radius 2 is 2.30 bits per heavy atom. The van der Waals surface area contributed by atoms with Gasteiger partial charge in [0.05, 0.1) is 4.90 Å². The third-order valence-electron chi connectivity index (χ3n) is 1.63. The third-order valence-corrected chi connectivity index (χ3v) is 2.59. The van der Waals surface area contributed by atoms with Gasteiger partial charge >= 0.3 is 0 Å². The Morgan fingerprint density at radius 1 is 1.30 bits per heavy atom. The van der Waals surface area contributed by atoms with Crippen LogP contribution in [0.4, 0.5) is 0 Å². The topological polar surface area (TPSA) is 18.5 Å². The summed E-state index contributed by atoms with van der Waals surface area (Å²) in [6, 6.07) is 4.02. The van der Waals surface area contributed by atoms with E-state index in [0.29, 0.717) is 6.79 Å². The molecule has 3 heteroatoms. The van der Waals surface area contributed by atoms with Crippen molar-refractivity contribution in [1.29, 1.82) is 0 Å². The van der Waals surface area contributed by atoms with Crippen molar-refractivity contribution in [3.63, 3.8) is 0 Å². The Hall–Kier alpha value is -0.830. The van der Waals surface area contributed by atoms with Crippen molar-refractivity contribution in [2.24, 2.45) is 0 Å². The van der Waals surface area contributed by atoms with Crippen LogP contribution in [0.25, 0.3) is 0 Å². The van der Waals surface area contributed by atoms with E-state index in [1.807, 2.05) is 6.07 Å². The first kappa shape index (κ1) is 4.91. The van der Waals surface area contributed by atoms with Crippen LogP contribution in [0.1, 0.15) is 0 Å². The summed E-state index contributed by atoms with van der Waals surface area (Å²) in [6.07, 6.45) is 0. The highest BCUT2D eigenvalue weighted by Crippen LogP contribution is 2.58. The molecule has 10 heavy (non-hydrogen) atoms. The fourth-order valence-corrected chi connectivity index (χ4v) is 1.81. The molecule has 0 spiro atoms. The highest BCUT2D eigenvalue weighted by molar-refractivity contribution is 8.05. The molecule has 2 aliphatic heterocycles. The first-order valence-corrected chi connectivity index (χ1v) is 3.87. The Kier molecular flexibility index (Phi) is 0.699. The smallest absolute Gasteiger partial charge is 0.231 e. The summed E-state index contributed by atoms with van der Waals surface area (Å²) in [5.41, 5.74) is 0. The van der Waals surface area contributed by atoms with E-state index in [0.717, 1.165) is 11.5 Å². The van der Waals surface area contributed by atoms with Gasteiger partial charge in [0.1, 0.15) is 0 Å². The van der Waals surface area contributed by atoms with E-state index < -0.39 is 0 Å². The first-order chi connectivity index (χ1) is 4.95. The second kappa shape index (κ2) is 1.42. The zero-order chi connectivity index (χ0) is 6.55. The number of rotatable bonds is 0. The van der Waals surface area contributed by atoms with Crippen LogP contribution in [-0.2, 0) is 0 Å². The van der Waals surface area contributed by atoms with Crippen LogP contribution in [0.15, 0.2) is 21.9 Å². The summed E-state index contributed by atoms with van der Waals surface area (Å²) in [5, 5.41) is 0. The van der Waals surface area contributed by atoms with Crippen LogP contribution in [0.3, 0.4) is 0 Å². The average molecular weight is 152 g/mol. The third kappa shape index (κ3) is 0.467. The van der Waals surface area contributed by atoms with E-state index in [1.54, 1.807) is 11.8 Å². The molecule has 2 heterocycles. The summed E-state index contributed by atoms with van der Waals surface area (Å²) in [7, 11) is 0. The molecule has 0 aromatic heterocycles. The van der Waals surface area contributed by atoms with E-state index in [4.69, 9.17) is 9.47 Å². The van der Waals surface area contributed by atoms with Crippen LogP contribution < -0.4 is 9.47 Å². The Morgan fingerprint density at radius 3 is 3.30 bits per heavy atom. The van der Waals surface area contributed by atoms with Crippen molar-refractivity contribution in [1.82, 2.24) is 0 Å². The largest absolute Gasteiger partial charge is 0.454 e. The summed E-state index contributed by atoms with van der Waals surface area (Å²) < 4.78 is 10.4. The van der Waals surface area contributed by atoms with Gasteiger partial charge in [-0.25, -0.2) is 0 Å². The van der Waals surface area contributed by atoms with Gasteiger partial charge in [0.15, 0.2) is 11.5 Å². The maximum absolute atomic E-state index is 5.24. The van der Waals surface area contributed by atoms with Crippen molar-refractivity contribution in [2.45, 2.75) is 9.79 Å². The number of fused-ring (bicyclic) bond motifs is 3. The molecule has 3 rings (SSSR count). The molecule has 0 fully saturated rings. The lowest BCUT2D eigenvalue weighted by Gasteiger charge is -1.88. The van der Waals surface area contributed by atoms with Crippen LogP contribution in [0.2, 0.25) is 0 Å². The number of benzene rings is 1. The van der Waals surface area contributed by atoms with E-state index in [1.165, 1.54) is 9.79 Å². The second-order valence-electron chi connectivity index (χ2n) is 2.23. The molecule has 0 saturated carbocycles. The molecular formula is C7H4O2S. The molecule has 1 aromatic carbocycles. The molecule has 50 valence electrons. The van der Waals surface area contributed by atoms with E-state index in [9.17, 15) is 0 Å². The van der Waals surface area contributed by atoms with Gasteiger partial charge in [-0.15, -0.1) is 0 Å². The van der Waals surface area contributed by atoms with E-state index in [2.05, 4.69) is 6.07 Å². The van der Waals surface area contributed by atoms with Crippen molar-refractivity contribution in [2.75, 3.05) is 6.79 Å². The minimum atomic E-state index is 0.381. The highest BCUT2D eigenvalue weighted by atomic mass is 32.2. The van der Waals surface area contributed by atoms with Gasteiger partial charge in [-0.1, -0.05) is 11.8 Å². The molecule has 1 aromatic rings. The minimum absolute atomic E-state index is 0.381. The summed E-state index contributed by atoms with van der Waals surface area (Å²) >= 11 is 1.76. The maximum atomic E-state index is 5.24. The molecule has 0 bridgehead atoms. The van der Waals surface area contributed by atoms with Crippen LogP contribution in [-0.4, -0.2) is 6.79 Å². The van der Waals surface area contributed by atoms with Crippen LogP contribution in [0.5, 0.6) is 11.5 Å². The van der Waals surface area contributed by atoms with Crippen molar-refractivity contribution >= 4 is 11.8 Å². The van der Waals surface area contributed by atoms with Gasteiger partial charge in [-0.3, -0.25) is 0 Å². The number of hydrogen-bond donors (Lipinski definition) is 0. The predicted octanol–water partition coefficient (Wildman–Crippen LogP) is 1.88. The molecule has 0 amide bonds. The first-order valence-electron chi connectivity index (χ1n) is 3.05. The Balaban J connectivity index is 2.32. The zero-order valence-corrected chi connectivity index (χ0v) is 5.90. The lowest BCUT2D eigenvalue weighted by atomic mass is 10.3. The monoisotopic (exact) mass is 152 g/mol.